The Bertz CT molecular complexity index is 509. The number of nitrogens with zero attached hydrogens (tertiary/aromatic N) is 1. The molecule has 0 bridgehead atoms. The van der Waals surface area contributed by atoms with Gasteiger partial charge in [-0.2, -0.15) is 0 Å². The van der Waals surface area contributed by atoms with E-state index in [4.69, 9.17) is 0 Å². The maximum Gasteiger partial charge on any atom is 0.325 e. The molecule has 20 heavy (non-hydrogen) atoms. The highest BCUT2D eigenvalue weighted by molar-refractivity contribution is 6.03. The topological polar surface area (TPSA) is 66.5 Å². The van der Waals surface area contributed by atoms with Gasteiger partial charge in [-0.25, -0.2) is 4.79 Å². The average Bonchev–Trinajstić information content (AvgIpc) is 2.49. The first-order valence-electron chi connectivity index (χ1n) is 6.06. The van der Waals surface area contributed by atoms with E-state index in [9.17, 15) is 14.4 Å². The Morgan fingerprint density at radius 3 is 2.55 bits per heavy atom. The molecule has 0 spiro atoms. The van der Waals surface area contributed by atoms with Crippen molar-refractivity contribution in [1.82, 2.24) is 10.2 Å². The largest absolute Gasteiger partial charge is 0.334 e. The molecule has 0 unspecified atom stereocenters. The van der Waals surface area contributed by atoms with E-state index in [1.165, 1.54) is 12.2 Å². The molecule has 104 valence electrons. The minimum atomic E-state index is -0.625. The van der Waals surface area contributed by atoms with Gasteiger partial charge in [-0.05, 0) is 11.6 Å². The SMILES string of the molecule is C=CCNC(=O)N(CC=O)C(=O)/C=C/c1ccccc1. The number of carbonyl (C=O) groups excluding carboxylic acids is 3. The number of carbonyl (C=O) groups is 3. The van der Waals surface area contributed by atoms with Gasteiger partial charge in [0.05, 0.1) is 6.54 Å². The van der Waals surface area contributed by atoms with Crippen LogP contribution >= 0.6 is 0 Å². The Kier molecular flexibility index (Phi) is 6.47. The van der Waals surface area contributed by atoms with Crippen molar-refractivity contribution in [3.8, 4) is 0 Å². The molecule has 1 rings (SSSR count). The highest BCUT2D eigenvalue weighted by Crippen LogP contribution is 2.02. The summed E-state index contributed by atoms with van der Waals surface area (Å²) in [5.41, 5.74) is 0.832. The van der Waals surface area contributed by atoms with Gasteiger partial charge in [0, 0.05) is 12.6 Å². The van der Waals surface area contributed by atoms with Crippen LogP contribution in [0.3, 0.4) is 0 Å². The molecule has 0 aliphatic rings. The van der Waals surface area contributed by atoms with Gasteiger partial charge in [0.25, 0.3) is 5.91 Å². The number of aldehydes is 1. The Hall–Kier alpha value is -2.69. The summed E-state index contributed by atoms with van der Waals surface area (Å²) in [4.78, 5) is 35.0. The molecule has 1 aromatic rings. The molecule has 1 N–H and O–H groups in total. The van der Waals surface area contributed by atoms with E-state index in [1.807, 2.05) is 30.3 Å². The van der Waals surface area contributed by atoms with Crippen molar-refractivity contribution in [1.29, 1.82) is 0 Å². The van der Waals surface area contributed by atoms with Gasteiger partial charge in [-0.3, -0.25) is 9.69 Å². The van der Waals surface area contributed by atoms with Crippen LogP contribution in [0.4, 0.5) is 4.79 Å². The predicted octanol–water partition coefficient (Wildman–Crippen LogP) is 1.62. The minimum Gasteiger partial charge on any atom is -0.334 e. The molecule has 0 aromatic heterocycles. The molecule has 0 saturated heterocycles. The van der Waals surface area contributed by atoms with Gasteiger partial charge >= 0.3 is 6.03 Å². The highest BCUT2D eigenvalue weighted by Gasteiger charge is 2.17. The Morgan fingerprint density at radius 1 is 1.25 bits per heavy atom. The van der Waals surface area contributed by atoms with E-state index in [0.29, 0.717) is 6.29 Å². The second-order valence-electron chi connectivity index (χ2n) is 3.83. The van der Waals surface area contributed by atoms with Crippen LogP contribution in [0.1, 0.15) is 5.56 Å². The molecule has 1 aromatic carbocycles. The van der Waals surface area contributed by atoms with Crippen LogP contribution in [0.15, 0.2) is 49.1 Å². The van der Waals surface area contributed by atoms with E-state index < -0.39 is 11.9 Å². The molecular formula is C15H16N2O3. The summed E-state index contributed by atoms with van der Waals surface area (Å²) < 4.78 is 0. The normalized spacial score (nSPS) is 10.0. The molecule has 0 aliphatic heterocycles. The summed E-state index contributed by atoms with van der Waals surface area (Å²) in [6.45, 7) is 3.39. The monoisotopic (exact) mass is 272 g/mol. The van der Waals surface area contributed by atoms with Gasteiger partial charge in [-0.15, -0.1) is 6.58 Å². The zero-order valence-corrected chi connectivity index (χ0v) is 11.0. The number of urea groups is 1. The van der Waals surface area contributed by atoms with Crippen LogP contribution in [0.5, 0.6) is 0 Å². The summed E-state index contributed by atoms with van der Waals surface area (Å²) in [5.74, 6) is -0.553. The molecule has 0 heterocycles. The number of rotatable bonds is 6. The van der Waals surface area contributed by atoms with Crippen molar-refractivity contribution < 1.29 is 14.4 Å². The van der Waals surface area contributed by atoms with Gasteiger partial charge in [-0.1, -0.05) is 36.4 Å². The Balaban J connectivity index is 2.73. The first-order valence-corrected chi connectivity index (χ1v) is 6.06. The number of amides is 3. The third-order valence-electron chi connectivity index (χ3n) is 2.38. The lowest BCUT2D eigenvalue weighted by Gasteiger charge is -2.16. The van der Waals surface area contributed by atoms with Gasteiger partial charge in [0.1, 0.15) is 6.29 Å². The predicted molar refractivity (Wildman–Crippen MR) is 76.8 cm³/mol. The molecule has 5 heteroatoms. The van der Waals surface area contributed by atoms with Crippen molar-refractivity contribution in [2.24, 2.45) is 0 Å². The standard InChI is InChI=1S/C15H16N2O3/c1-2-10-16-15(20)17(11-12-18)14(19)9-8-13-6-4-3-5-7-13/h2-9,12H,1,10-11H2,(H,16,20)/b9-8+. The van der Waals surface area contributed by atoms with Crippen LogP contribution in [0.2, 0.25) is 0 Å². The van der Waals surface area contributed by atoms with Crippen LogP contribution in [-0.4, -0.2) is 36.2 Å². The lowest BCUT2D eigenvalue weighted by atomic mass is 10.2. The van der Waals surface area contributed by atoms with E-state index in [1.54, 1.807) is 6.08 Å². The third kappa shape index (κ3) is 4.89. The summed E-state index contributed by atoms with van der Waals surface area (Å²) in [7, 11) is 0. The van der Waals surface area contributed by atoms with E-state index in [0.717, 1.165) is 10.5 Å². The molecule has 0 fully saturated rings. The molecule has 0 atom stereocenters. The maximum atomic E-state index is 11.9. The average molecular weight is 272 g/mol. The number of hydrogen-bond acceptors (Lipinski definition) is 3. The number of nitrogens with one attached hydrogen (secondary N) is 1. The van der Waals surface area contributed by atoms with Crippen molar-refractivity contribution >= 4 is 24.3 Å². The summed E-state index contributed by atoms with van der Waals surface area (Å²) in [6.07, 6.45) is 4.83. The zero-order valence-electron chi connectivity index (χ0n) is 11.0. The van der Waals surface area contributed by atoms with Crippen LogP contribution in [-0.2, 0) is 9.59 Å². The highest BCUT2D eigenvalue weighted by atomic mass is 16.2. The summed E-state index contributed by atoms with van der Waals surface area (Å²) in [6, 6.07) is 8.56. The van der Waals surface area contributed by atoms with Crippen LogP contribution < -0.4 is 5.32 Å². The quantitative estimate of drug-likeness (QED) is 0.486. The Morgan fingerprint density at radius 2 is 1.95 bits per heavy atom. The van der Waals surface area contributed by atoms with Crippen LogP contribution in [0.25, 0.3) is 6.08 Å². The van der Waals surface area contributed by atoms with Crippen molar-refractivity contribution in [3.05, 3.63) is 54.6 Å². The summed E-state index contributed by atoms with van der Waals surface area (Å²) >= 11 is 0. The molecule has 5 nitrogen and oxygen atoms in total. The van der Waals surface area contributed by atoms with Crippen LogP contribution in [0, 0.1) is 0 Å². The fraction of sp³-hybridized carbons (Fsp3) is 0.133. The van der Waals surface area contributed by atoms with Crippen molar-refractivity contribution in [2.45, 2.75) is 0 Å². The molecule has 0 aliphatic carbocycles. The van der Waals surface area contributed by atoms with E-state index >= 15 is 0 Å². The second-order valence-corrected chi connectivity index (χ2v) is 3.83. The first kappa shape index (κ1) is 15.4. The number of imide groups is 1. The second kappa shape index (κ2) is 8.42. The lowest BCUT2D eigenvalue weighted by molar-refractivity contribution is -0.125. The van der Waals surface area contributed by atoms with Crippen molar-refractivity contribution in [3.63, 3.8) is 0 Å². The Labute approximate surface area is 117 Å². The molecule has 3 amide bonds. The number of hydrogen-bond donors (Lipinski definition) is 1. The van der Waals surface area contributed by atoms with E-state index in [-0.39, 0.29) is 13.1 Å². The molecule has 0 saturated carbocycles. The summed E-state index contributed by atoms with van der Waals surface area (Å²) in [5, 5.41) is 2.45. The number of benzene rings is 1. The van der Waals surface area contributed by atoms with Gasteiger partial charge in [0.2, 0.25) is 0 Å². The minimum absolute atomic E-state index is 0.226. The van der Waals surface area contributed by atoms with Gasteiger partial charge < -0.3 is 10.1 Å². The van der Waals surface area contributed by atoms with Gasteiger partial charge in [0.15, 0.2) is 0 Å². The molecular weight excluding hydrogens is 256 g/mol. The maximum absolute atomic E-state index is 11.9. The first-order chi connectivity index (χ1) is 9.69. The lowest BCUT2D eigenvalue weighted by Crippen LogP contribution is -2.44. The third-order valence-corrected chi connectivity index (χ3v) is 2.38. The zero-order chi connectivity index (χ0) is 14.8. The fourth-order valence-corrected chi connectivity index (χ4v) is 1.42. The fourth-order valence-electron chi connectivity index (χ4n) is 1.42. The van der Waals surface area contributed by atoms with Crippen molar-refractivity contribution in [2.75, 3.05) is 13.1 Å². The smallest absolute Gasteiger partial charge is 0.325 e. The van der Waals surface area contributed by atoms with E-state index in [2.05, 4.69) is 11.9 Å². The molecule has 0 radical (unpaired) electrons.